The van der Waals surface area contributed by atoms with Gasteiger partial charge in [0.1, 0.15) is 12.4 Å². The van der Waals surface area contributed by atoms with Crippen molar-refractivity contribution in [3.8, 4) is 5.75 Å². The predicted molar refractivity (Wildman–Crippen MR) is 114 cm³/mol. The van der Waals surface area contributed by atoms with Gasteiger partial charge in [-0.05, 0) is 50.3 Å². The van der Waals surface area contributed by atoms with E-state index in [0.717, 1.165) is 22.4 Å². The average molecular weight is 417 g/mol. The van der Waals surface area contributed by atoms with Crippen LogP contribution in [0.15, 0.2) is 23.6 Å². The molecule has 0 radical (unpaired) electrons. The number of rotatable bonds is 5. The van der Waals surface area contributed by atoms with Gasteiger partial charge in [-0.25, -0.2) is 4.79 Å². The summed E-state index contributed by atoms with van der Waals surface area (Å²) in [5.41, 5.74) is 4.45. The lowest BCUT2D eigenvalue weighted by atomic mass is 10.1. The van der Waals surface area contributed by atoms with Gasteiger partial charge in [0.05, 0.1) is 11.5 Å². The van der Waals surface area contributed by atoms with Gasteiger partial charge in [0, 0.05) is 31.7 Å². The number of benzene rings is 1. The zero-order chi connectivity index (χ0) is 21.0. The summed E-state index contributed by atoms with van der Waals surface area (Å²) >= 11 is 1.44. The summed E-state index contributed by atoms with van der Waals surface area (Å²) in [5.74, 6) is 0.914. The maximum absolute atomic E-state index is 12.8. The first-order valence-corrected chi connectivity index (χ1v) is 10.8. The Labute approximate surface area is 176 Å². The molecule has 29 heavy (non-hydrogen) atoms. The SMILES string of the molecule is CCOC(=O)N1CCN(C(=O)c2cc(COc3c(C)cc(C)cc3C)cs2)CC1. The Bertz CT molecular complexity index is 862. The van der Waals surface area contributed by atoms with Crippen molar-refractivity contribution in [2.24, 2.45) is 0 Å². The molecule has 0 atom stereocenters. The number of hydrogen-bond donors (Lipinski definition) is 0. The Morgan fingerprint density at radius 2 is 1.62 bits per heavy atom. The Kier molecular flexibility index (Phi) is 6.79. The topological polar surface area (TPSA) is 59.1 Å². The minimum atomic E-state index is -0.308. The highest BCUT2D eigenvalue weighted by Gasteiger charge is 2.26. The van der Waals surface area contributed by atoms with Gasteiger partial charge in [-0.2, -0.15) is 0 Å². The molecule has 7 heteroatoms. The van der Waals surface area contributed by atoms with Crippen LogP contribution in [0.4, 0.5) is 4.79 Å². The molecule has 1 aromatic heterocycles. The number of hydrogen-bond acceptors (Lipinski definition) is 5. The molecule has 2 aromatic rings. The van der Waals surface area contributed by atoms with Crippen molar-refractivity contribution >= 4 is 23.3 Å². The molecule has 1 aliphatic rings. The lowest BCUT2D eigenvalue weighted by Gasteiger charge is -2.33. The first-order valence-electron chi connectivity index (χ1n) is 9.88. The number of thiophene rings is 1. The molecule has 1 aromatic carbocycles. The van der Waals surface area contributed by atoms with Crippen LogP contribution < -0.4 is 4.74 Å². The summed E-state index contributed by atoms with van der Waals surface area (Å²) in [6.07, 6.45) is -0.308. The van der Waals surface area contributed by atoms with Gasteiger partial charge in [0.25, 0.3) is 5.91 Å². The standard InChI is InChI=1S/C22H28N2O4S/c1-5-27-22(26)24-8-6-23(7-9-24)21(25)19-12-18(14-29-19)13-28-20-16(3)10-15(2)11-17(20)4/h10-12,14H,5-9,13H2,1-4H3. The molecule has 0 spiro atoms. The number of amides is 2. The molecule has 156 valence electrons. The molecule has 6 nitrogen and oxygen atoms in total. The summed E-state index contributed by atoms with van der Waals surface area (Å²) in [4.78, 5) is 28.7. The fraction of sp³-hybridized carbons (Fsp3) is 0.455. The van der Waals surface area contributed by atoms with Crippen molar-refractivity contribution in [2.45, 2.75) is 34.3 Å². The third kappa shape index (κ3) is 5.09. The number of carbonyl (C=O) groups is 2. The van der Waals surface area contributed by atoms with Crippen molar-refractivity contribution in [1.82, 2.24) is 9.80 Å². The van der Waals surface area contributed by atoms with Crippen LogP contribution in [0.5, 0.6) is 5.75 Å². The van der Waals surface area contributed by atoms with E-state index >= 15 is 0 Å². The van der Waals surface area contributed by atoms with Gasteiger partial charge >= 0.3 is 6.09 Å². The smallest absolute Gasteiger partial charge is 0.409 e. The largest absolute Gasteiger partial charge is 0.488 e. The van der Waals surface area contributed by atoms with E-state index in [9.17, 15) is 9.59 Å². The van der Waals surface area contributed by atoms with E-state index in [1.807, 2.05) is 25.3 Å². The Morgan fingerprint density at radius 1 is 1.00 bits per heavy atom. The fourth-order valence-electron chi connectivity index (χ4n) is 3.58. The summed E-state index contributed by atoms with van der Waals surface area (Å²) in [7, 11) is 0. The van der Waals surface area contributed by atoms with Crippen molar-refractivity contribution in [2.75, 3.05) is 32.8 Å². The molecule has 1 fully saturated rings. The molecule has 0 bridgehead atoms. The molecule has 1 saturated heterocycles. The molecular formula is C22H28N2O4S. The molecule has 2 amide bonds. The normalized spacial score (nSPS) is 14.1. The van der Waals surface area contributed by atoms with Crippen LogP contribution >= 0.6 is 11.3 Å². The van der Waals surface area contributed by atoms with Crippen LogP contribution in [0.25, 0.3) is 0 Å². The second-order valence-corrected chi connectivity index (χ2v) is 8.23. The molecular weight excluding hydrogens is 388 g/mol. The first kappa shape index (κ1) is 21.2. The third-order valence-electron chi connectivity index (χ3n) is 4.95. The highest BCUT2D eigenvalue weighted by Crippen LogP contribution is 2.26. The number of carbonyl (C=O) groups excluding carboxylic acids is 2. The van der Waals surface area contributed by atoms with Crippen molar-refractivity contribution < 1.29 is 19.1 Å². The lowest BCUT2D eigenvalue weighted by molar-refractivity contribution is 0.0574. The van der Waals surface area contributed by atoms with E-state index in [-0.39, 0.29) is 12.0 Å². The van der Waals surface area contributed by atoms with Crippen LogP contribution in [-0.4, -0.2) is 54.6 Å². The van der Waals surface area contributed by atoms with E-state index in [1.54, 1.807) is 16.7 Å². The number of nitrogens with zero attached hydrogens (tertiary/aromatic N) is 2. The molecule has 1 aliphatic heterocycles. The first-order chi connectivity index (χ1) is 13.9. The summed E-state index contributed by atoms with van der Waals surface area (Å²) in [6, 6.07) is 6.13. The highest BCUT2D eigenvalue weighted by atomic mass is 32.1. The van der Waals surface area contributed by atoms with Crippen LogP contribution in [0.2, 0.25) is 0 Å². The third-order valence-corrected chi connectivity index (χ3v) is 5.91. The molecule has 0 aliphatic carbocycles. The fourth-order valence-corrected chi connectivity index (χ4v) is 4.44. The molecule has 0 unspecified atom stereocenters. The molecule has 2 heterocycles. The molecule has 3 rings (SSSR count). The number of aryl methyl sites for hydroxylation is 3. The van der Waals surface area contributed by atoms with Gasteiger partial charge in [-0.15, -0.1) is 11.3 Å². The van der Waals surface area contributed by atoms with Crippen molar-refractivity contribution in [3.63, 3.8) is 0 Å². The van der Waals surface area contributed by atoms with E-state index in [2.05, 4.69) is 19.1 Å². The Morgan fingerprint density at radius 3 is 2.24 bits per heavy atom. The highest BCUT2D eigenvalue weighted by molar-refractivity contribution is 7.12. The van der Waals surface area contributed by atoms with E-state index in [0.29, 0.717) is 44.3 Å². The maximum atomic E-state index is 12.8. The lowest BCUT2D eigenvalue weighted by Crippen LogP contribution is -2.50. The minimum absolute atomic E-state index is 0.00690. The monoisotopic (exact) mass is 416 g/mol. The minimum Gasteiger partial charge on any atom is -0.488 e. The predicted octanol–water partition coefficient (Wildman–Crippen LogP) is 4.17. The Balaban J connectivity index is 1.56. The maximum Gasteiger partial charge on any atom is 0.409 e. The van der Waals surface area contributed by atoms with Gasteiger partial charge in [0.15, 0.2) is 0 Å². The number of ether oxygens (including phenoxy) is 2. The second-order valence-electron chi connectivity index (χ2n) is 7.31. The molecule has 0 N–H and O–H groups in total. The van der Waals surface area contributed by atoms with Crippen molar-refractivity contribution in [3.05, 3.63) is 50.7 Å². The quantitative estimate of drug-likeness (QED) is 0.734. The summed E-state index contributed by atoms with van der Waals surface area (Å²) in [6.45, 7) is 10.8. The van der Waals surface area contributed by atoms with Crippen LogP contribution in [0.1, 0.15) is 38.8 Å². The second kappa shape index (κ2) is 9.31. The van der Waals surface area contributed by atoms with E-state index in [4.69, 9.17) is 9.47 Å². The average Bonchev–Trinajstić information content (AvgIpc) is 3.16. The van der Waals surface area contributed by atoms with E-state index in [1.165, 1.54) is 16.9 Å². The zero-order valence-corrected chi connectivity index (χ0v) is 18.3. The van der Waals surface area contributed by atoms with Crippen LogP contribution in [0, 0.1) is 20.8 Å². The van der Waals surface area contributed by atoms with Gasteiger partial charge in [-0.1, -0.05) is 17.7 Å². The van der Waals surface area contributed by atoms with Gasteiger partial charge < -0.3 is 19.3 Å². The van der Waals surface area contributed by atoms with Crippen LogP contribution in [0.3, 0.4) is 0 Å². The zero-order valence-electron chi connectivity index (χ0n) is 17.5. The molecule has 0 saturated carbocycles. The van der Waals surface area contributed by atoms with Crippen molar-refractivity contribution in [1.29, 1.82) is 0 Å². The summed E-state index contributed by atoms with van der Waals surface area (Å²) < 4.78 is 11.1. The van der Waals surface area contributed by atoms with Gasteiger partial charge in [0.2, 0.25) is 0 Å². The van der Waals surface area contributed by atoms with Gasteiger partial charge in [-0.3, -0.25) is 4.79 Å². The number of piperazine rings is 1. The Hall–Kier alpha value is -2.54. The summed E-state index contributed by atoms with van der Waals surface area (Å²) in [5, 5.41) is 1.97. The van der Waals surface area contributed by atoms with E-state index < -0.39 is 0 Å². The van der Waals surface area contributed by atoms with Crippen LogP contribution in [-0.2, 0) is 11.3 Å².